The van der Waals surface area contributed by atoms with Crippen molar-refractivity contribution in [2.45, 2.75) is 19.1 Å². The lowest BCUT2D eigenvalue weighted by atomic mass is 10.0. The van der Waals surface area contributed by atoms with Gasteiger partial charge in [0.25, 0.3) is 0 Å². The molecule has 3 aromatic carbocycles. The summed E-state index contributed by atoms with van der Waals surface area (Å²) in [7, 11) is 3.05. The average Bonchev–Trinajstić information content (AvgIpc) is 2.92. The summed E-state index contributed by atoms with van der Waals surface area (Å²) in [6.07, 6.45) is 2.41. The Morgan fingerprint density at radius 2 is 1.67 bits per heavy atom. The number of methoxy groups -OCH3 is 2. The van der Waals surface area contributed by atoms with Crippen molar-refractivity contribution in [3.05, 3.63) is 111 Å². The Labute approximate surface area is 235 Å². The van der Waals surface area contributed by atoms with Gasteiger partial charge in [-0.2, -0.15) is 0 Å². The van der Waals surface area contributed by atoms with Crippen molar-refractivity contribution >= 4 is 34.9 Å². The molecule has 4 rings (SSSR count). The van der Waals surface area contributed by atoms with Crippen LogP contribution < -0.4 is 14.8 Å². The standard InChI is InChI=1S/C29H25Cl2FN2O5/c1-37-26-8-7-19(9-28(26)38-2)27(13-23-24(30)15-33-16-25(23)31)39-29(36)18-5-3-17(4-6-18)14-34-21-10-20(32)11-22(35)12-21/h3-12,15-16,27,34-35H,13-14H2,1-2H3. The van der Waals surface area contributed by atoms with E-state index >= 15 is 0 Å². The van der Waals surface area contributed by atoms with Crippen LogP contribution >= 0.6 is 23.2 Å². The van der Waals surface area contributed by atoms with Gasteiger partial charge in [-0.15, -0.1) is 0 Å². The molecular formula is C29H25Cl2FN2O5. The number of halogens is 3. The van der Waals surface area contributed by atoms with E-state index in [1.165, 1.54) is 38.7 Å². The highest BCUT2D eigenvalue weighted by Gasteiger charge is 2.23. The zero-order chi connectivity index (χ0) is 27.9. The van der Waals surface area contributed by atoms with Gasteiger partial charge in [-0.1, -0.05) is 41.4 Å². The van der Waals surface area contributed by atoms with E-state index in [-0.39, 0.29) is 12.2 Å². The van der Waals surface area contributed by atoms with Crippen LogP contribution in [0, 0.1) is 5.82 Å². The van der Waals surface area contributed by atoms with E-state index in [4.69, 9.17) is 37.4 Å². The zero-order valence-corrected chi connectivity index (χ0v) is 22.6. The quantitative estimate of drug-likeness (QED) is 0.198. The highest BCUT2D eigenvalue weighted by molar-refractivity contribution is 6.35. The molecule has 0 bridgehead atoms. The summed E-state index contributed by atoms with van der Waals surface area (Å²) in [6, 6.07) is 15.8. The molecule has 0 saturated carbocycles. The number of aromatic nitrogens is 1. The fraction of sp³-hybridized carbons (Fsp3) is 0.172. The molecule has 1 aromatic heterocycles. The van der Waals surface area contributed by atoms with Crippen molar-refractivity contribution in [3.8, 4) is 17.2 Å². The van der Waals surface area contributed by atoms with Crippen molar-refractivity contribution in [1.29, 1.82) is 0 Å². The lowest BCUT2D eigenvalue weighted by molar-refractivity contribution is 0.0297. The Hall–Kier alpha value is -4.01. The number of hydrogen-bond donors (Lipinski definition) is 2. The maximum Gasteiger partial charge on any atom is 0.338 e. The van der Waals surface area contributed by atoms with E-state index in [1.807, 2.05) is 0 Å². The molecule has 10 heteroatoms. The second-order valence-electron chi connectivity index (χ2n) is 8.54. The number of nitrogens with one attached hydrogen (secondary N) is 1. The molecule has 4 aromatic rings. The van der Waals surface area contributed by atoms with E-state index in [1.54, 1.807) is 42.5 Å². The number of hydrogen-bond acceptors (Lipinski definition) is 7. The molecule has 1 heterocycles. The largest absolute Gasteiger partial charge is 0.508 e. The number of carbonyl (C=O) groups is 1. The highest BCUT2D eigenvalue weighted by Crippen LogP contribution is 2.35. The minimum absolute atomic E-state index is 0.172. The normalized spacial score (nSPS) is 11.5. The molecule has 1 atom stereocenters. The fourth-order valence-electron chi connectivity index (χ4n) is 3.94. The Morgan fingerprint density at radius 3 is 2.31 bits per heavy atom. The second-order valence-corrected chi connectivity index (χ2v) is 9.36. The van der Waals surface area contributed by atoms with Gasteiger partial charge in [0.1, 0.15) is 17.7 Å². The van der Waals surface area contributed by atoms with Gasteiger partial charge < -0.3 is 24.6 Å². The molecule has 0 saturated heterocycles. The fourth-order valence-corrected chi connectivity index (χ4v) is 4.45. The predicted molar refractivity (Wildman–Crippen MR) is 147 cm³/mol. The van der Waals surface area contributed by atoms with Crippen LogP contribution in [0.3, 0.4) is 0 Å². The summed E-state index contributed by atoms with van der Waals surface area (Å²) in [5, 5.41) is 13.3. The summed E-state index contributed by atoms with van der Waals surface area (Å²) < 4.78 is 30.2. The van der Waals surface area contributed by atoms with Crippen molar-refractivity contribution in [1.82, 2.24) is 4.98 Å². The van der Waals surface area contributed by atoms with Crippen LogP contribution in [0.4, 0.5) is 10.1 Å². The first-order chi connectivity index (χ1) is 18.8. The van der Waals surface area contributed by atoms with Gasteiger partial charge in [-0.05, 0) is 47.0 Å². The number of aromatic hydroxyl groups is 1. The van der Waals surface area contributed by atoms with E-state index in [9.17, 15) is 14.3 Å². The maximum atomic E-state index is 13.5. The lowest BCUT2D eigenvalue weighted by Gasteiger charge is -2.21. The average molecular weight is 571 g/mol. The number of phenolic OH excluding ortho intramolecular Hbond substituents is 1. The van der Waals surface area contributed by atoms with Gasteiger partial charge in [0, 0.05) is 43.2 Å². The Bertz CT molecular complexity index is 1430. The van der Waals surface area contributed by atoms with Gasteiger partial charge in [-0.3, -0.25) is 4.98 Å². The number of carbonyl (C=O) groups excluding carboxylic acids is 1. The van der Waals surface area contributed by atoms with Crippen LogP contribution in [-0.2, 0) is 17.7 Å². The number of rotatable bonds is 10. The second kappa shape index (κ2) is 12.7. The third-order valence-corrected chi connectivity index (χ3v) is 6.59. The molecule has 1 unspecified atom stereocenters. The Balaban J connectivity index is 1.53. The molecule has 0 aliphatic heterocycles. The number of anilines is 1. The summed E-state index contributed by atoms with van der Waals surface area (Å²) in [4.78, 5) is 17.2. The van der Waals surface area contributed by atoms with E-state index in [2.05, 4.69) is 10.3 Å². The molecule has 39 heavy (non-hydrogen) atoms. The number of esters is 1. The summed E-state index contributed by atoms with van der Waals surface area (Å²) in [6.45, 7) is 0.353. The smallest absolute Gasteiger partial charge is 0.338 e. The van der Waals surface area contributed by atoms with Crippen LogP contribution in [0.25, 0.3) is 0 Å². The Kier molecular flexibility index (Phi) is 9.11. The van der Waals surface area contributed by atoms with Gasteiger partial charge in [0.05, 0.1) is 29.8 Å². The topological polar surface area (TPSA) is 89.9 Å². The first-order valence-electron chi connectivity index (χ1n) is 11.8. The molecule has 0 amide bonds. The molecule has 2 N–H and O–H groups in total. The third kappa shape index (κ3) is 7.10. The van der Waals surface area contributed by atoms with E-state index < -0.39 is 17.9 Å². The summed E-state index contributed by atoms with van der Waals surface area (Å²) in [5.41, 5.74) is 2.85. The lowest BCUT2D eigenvalue weighted by Crippen LogP contribution is -2.15. The summed E-state index contributed by atoms with van der Waals surface area (Å²) in [5.74, 6) is -0.260. The van der Waals surface area contributed by atoms with Gasteiger partial charge >= 0.3 is 5.97 Å². The van der Waals surface area contributed by atoms with Crippen LogP contribution in [0.2, 0.25) is 10.0 Å². The number of phenols is 1. The van der Waals surface area contributed by atoms with Gasteiger partial charge in [-0.25, -0.2) is 9.18 Å². The van der Waals surface area contributed by atoms with Crippen molar-refractivity contribution in [2.75, 3.05) is 19.5 Å². The van der Waals surface area contributed by atoms with E-state index in [0.717, 1.165) is 11.6 Å². The highest BCUT2D eigenvalue weighted by atomic mass is 35.5. The third-order valence-electron chi connectivity index (χ3n) is 5.94. The maximum absolute atomic E-state index is 13.5. The summed E-state index contributed by atoms with van der Waals surface area (Å²) >= 11 is 12.7. The van der Waals surface area contributed by atoms with Crippen LogP contribution in [-0.4, -0.2) is 30.3 Å². The number of benzene rings is 3. The first kappa shape index (κ1) is 28.0. The SMILES string of the molecule is COc1ccc(C(Cc2c(Cl)cncc2Cl)OC(=O)c2ccc(CNc3cc(O)cc(F)c3)cc2)cc1OC. The van der Waals surface area contributed by atoms with Crippen molar-refractivity contribution in [3.63, 3.8) is 0 Å². The Morgan fingerprint density at radius 1 is 0.974 bits per heavy atom. The van der Waals surface area contributed by atoms with Crippen molar-refractivity contribution < 1.29 is 28.5 Å². The molecule has 0 spiro atoms. The molecule has 7 nitrogen and oxygen atoms in total. The number of nitrogens with zero attached hydrogens (tertiary/aromatic N) is 1. The van der Waals surface area contributed by atoms with Crippen LogP contribution in [0.1, 0.15) is 33.2 Å². The molecule has 0 aliphatic rings. The molecule has 0 radical (unpaired) electrons. The monoisotopic (exact) mass is 570 g/mol. The van der Waals surface area contributed by atoms with Crippen molar-refractivity contribution in [2.24, 2.45) is 0 Å². The van der Waals surface area contributed by atoms with Crippen LogP contribution in [0.5, 0.6) is 17.2 Å². The molecule has 202 valence electrons. The van der Waals surface area contributed by atoms with Gasteiger partial charge in [0.2, 0.25) is 0 Å². The molecular weight excluding hydrogens is 546 g/mol. The predicted octanol–water partition coefficient (Wildman–Crippen LogP) is 7.00. The van der Waals surface area contributed by atoms with Gasteiger partial charge in [0.15, 0.2) is 11.5 Å². The molecule has 0 aliphatic carbocycles. The minimum Gasteiger partial charge on any atom is -0.508 e. The van der Waals surface area contributed by atoms with Crippen LogP contribution in [0.15, 0.2) is 73.1 Å². The number of ether oxygens (including phenoxy) is 3. The zero-order valence-electron chi connectivity index (χ0n) is 21.1. The number of pyridine rings is 1. The molecule has 0 fully saturated rings. The minimum atomic E-state index is -0.753. The van der Waals surface area contributed by atoms with E-state index in [0.29, 0.717) is 50.5 Å². The first-order valence-corrected chi connectivity index (χ1v) is 12.6.